The third kappa shape index (κ3) is 1.17. The number of hydrogen-bond donors (Lipinski definition) is 3. The molecule has 56 valence electrons. The van der Waals surface area contributed by atoms with E-state index in [9.17, 15) is 0 Å². The Kier molecular flexibility index (Phi) is 1.57. The number of phenolic OH excluding ortho intramolecular Hbond substituents is 3. The SMILES string of the molecule is N#Cc1cc(O)c(O)cc1O. The van der Waals surface area contributed by atoms with Crippen LogP contribution in [0.25, 0.3) is 0 Å². The number of aromatic hydroxyl groups is 3. The van der Waals surface area contributed by atoms with Crippen LogP contribution in [0.2, 0.25) is 0 Å². The zero-order chi connectivity index (χ0) is 8.43. The Morgan fingerprint density at radius 2 is 1.55 bits per heavy atom. The van der Waals surface area contributed by atoms with Gasteiger partial charge in [0.2, 0.25) is 0 Å². The summed E-state index contributed by atoms with van der Waals surface area (Å²) in [7, 11) is 0. The highest BCUT2D eigenvalue weighted by Crippen LogP contribution is 2.31. The topological polar surface area (TPSA) is 84.5 Å². The Hall–Kier alpha value is -1.89. The first-order valence-electron chi connectivity index (χ1n) is 2.80. The fourth-order valence-corrected chi connectivity index (χ4v) is 0.655. The van der Waals surface area contributed by atoms with Gasteiger partial charge in [-0.05, 0) is 0 Å². The molecule has 0 aliphatic carbocycles. The number of nitriles is 1. The third-order valence-corrected chi connectivity index (χ3v) is 1.21. The number of nitrogens with zero attached hydrogens (tertiary/aromatic N) is 1. The number of rotatable bonds is 0. The summed E-state index contributed by atoms with van der Waals surface area (Å²) in [5.41, 5.74) is -0.0692. The van der Waals surface area contributed by atoms with Crippen LogP contribution in [0.5, 0.6) is 17.2 Å². The van der Waals surface area contributed by atoms with Gasteiger partial charge in [-0.25, -0.2) is 0 Å². The molecule has 1 aromatic carbocycles. The van der Waals surface area contributed by atoms with Crippen LogP contribution in [0.3, 0.4) is 0 Å². The maximum atomic E-state index is 8.92. The number of hydrogen-bond acceptors (Lipinski definition) is 4. The van der Waals surface area contributed by atoms with Gasteiger partial charge in [0.1, 0.15) is 11.8 Å². The van der Waals surface area contributed by atoms with Gasteiger partial charge in [0.25, 0.3) is 0 Å². The Bertz CT molecular complexity index is 327. The summed E-state index contributed by atoms with van der Waals surface area (Å²) < 4.78 is 0. The van der Waals surface area contributed by atoms with Crippen molar-refractivity contribution in [2.24, 2.45) is 0 Å². The largest absolute Gasteiger partial charge is 0.506 e. The van der Waals surface area contributed by atoms with Crippen LogP contribution in [0.4, 0.5) is 0 Å². The monoisotopic (exact) mass is 151 g/mol. The van der Waals surface area contributed by atoms with Crippen molar-refractivity contribution in [3.8, 4) is 23.3 Å². The van der Waals surface area contributed by atoms with E-state index in [4.69, 9.17) is 20.6 Å². The van der Waals surface area contributed by atoms with Crippen LogP contribution in [-0.2, 0) is 0 Å². The maximum Gasteiger partial charge on any atom is 0.161 e. The minimum absolute atomic E-state index is 0.0692. The first-order valence-corrected chi connectivity index (χ1v) is 2.80. The molecular formula is C7H5NO3. The van der Waals surface area contributed by atoms with E-state index in [1.165, 1.54) is 0 Å². The van der Waals surface area contributed by atoms with Crippen molar-refractivity contribution >= 4 is 0 Å². The fourth-order valence-electron chi connectivity index (χ4n) is 0.655. The molecule has 4 heteroatoms. The zero-order valence-electron chi connectivity index (χ0n) is 5.44. The van der Waals surface area contributed by atoms with Gasteiger partial charge >= 0.3 is 0 Å². The van der Waals surface area contributed by atoms with Crippen molar-refractivity contribution < 1.29 is 15.3 Å². The van der Waals surface area contributed by atoms with Gasteiger partial charge in [-0.1, -0.05) is 0 Å². The molecule has 0 fully saturated rings. The Morgan fingerprint density at radius 1 is 1.00 bits per heavy atom. The molecule has 1 rings (SSSR count). The van der Waals surface area contributed by atoms with E-state index >= 15 is 0 Å². The normalized spacial score (nSPS) is 9.00. The molecule has 0 amide bonds. The van der Waals surface area contributed by atoms with Gasteiger partial charge < -0.3 is 15.3 Å². The van der Waals surface area contributed by atoms with Crippen molar-refractivity contribution in [3.63, 3.8) is 0 Å². The fraction of sp³-hybridized carbons (Fsp3) is 0. The van der Waals surface area contributed by atoms with Gasteiger partial charge in [-0.2, -0.15) is 5.26 Å². The molecule has 0 heterocycles. The lowest BCUT2D eigenvalue weighted by atomic mass is 10.2. The Balaban J connectivity index is 3.35. The van der Waals surface area contributed by atoms with E-state index in [0.717, 1.165) is 12.1 Å². The second-order valence-corrected chi connectivity index (χ2v) is 1.97. The van der Waals surface area contributed by atoms with Gasteiger partial charge in [-0.15, -0.1) is 0 Å². The Morgan fingerprint density at radius 3 is 2.09 bits per heavy atom. The quantitative estimate of drug-likeness (QED) is 0.376. The molecule has 0 radical (unpaired) electrons. The van der Waals surface area contributed by atoms with Crippen LogP contribution >= 0.6 is 0 Å². The predicted molar refractivity (Wildman–Crippen MR) is 36.2 cm³/mol. The van der Waals surface area contributed by atoms with Crippen LogP contribution < -0.4 is 0 Å². The molecule has 0 unspecified atom stereocenters. The minimum atomic E-state index is -0.443. The summed E-state index contributed by atoms with van der Waals surface area (Å²) in [4.78, 5) is 0. The molecular weight excluding hydrogens is 146 g/mol. The van der Waals surface area contributed by atoms with Crippen LogP contribution in [0.1, 0.15) is 5.56 Å². The van der Waals surface area contributed by atoms with Crippen LogP contribution in [-0.4, -0.2) is 15.3 Å². The average Bonchev–Trinajstić information content (AvgIpc) is 1.97. The molecule has 0 saturated carbocycles. The van der Waals surface area contributed by atoms with Crippen molar-refractivity contribution in [1.82, 2.24) is 0 Å². The third-order valence-electron chi connectivity index (χ3n) is 1.21. The van der Waals surface area contributed by atoms with Crippen molar-refractivity contribution in [1.29, 1.82) is 5.26 Å². The molecule has 1 aromatic rings. The summed E-state index contributed by atoms with van der Waals surface area (Å²) in [6.45, 7) is 0. The lowest BCUT2D eigenvalue weighted by Gasteiger charge is -1.98. The first kappa shape index (κ1) is 7.22. The summed E-state index contributed by atoms with van der Waals surface area (Å²) >= 11 is 0. The minimum Gasteiger partial charge on any atom is -0.506 e. The second-order valence-electron chi connectivity index (χ2n) is 1.97. The lowest BCUT2D eigenvalue weighted by molar-refractivity contribution is 0.396. The molecule has 0 atom stereocenters. The highest BCUT2D eigenvalue weighted by molar-refractivity contribution is 5.53. The molecule has 4 nitrogen and oxygen atoms in total. The molecule has 0 bridgehead atoms. The van der Waals surface area contributed by atoms with Crippen LogP contribution in [0, 0.1) is 11.3 Å². The van der Waals surface area contributed by atoms with E-state index in [1.807, 2.05) is 0 Å². The standard InChI is InChI=1S/C7H5NO3/c8-3-4-1-6(10)7(11)2-5(4)9/h1-2,9-11H. The first-order chi connectivity index (χ1) is 5.15. The zero-order valence-corrected chi connectivity index (χ0v) is 5.44. The number of benzene rings is 1. The smallest absolute Gasteiger partial charge is 0.161 e. The lowest BCUT2D eigenvalue weighted by Crippen LogP contribution is -1.76. The Labute approximate surface area is 62.6 Å². The average molecular weight is 151 g/mol. The van der Waals surface area contributed by atoms with Gasteiger partial charge in [0, 0.05) is 12.1 Å². The second kappa shape index (κ2) is 2.39. The molecule has 3 N–H and O–H groups in total. The molecule has 0 spiro atoms. The van der Waals surface area contributed by atoms with Gasteiger partial charge in [0.15, 0.2) is 11.5 Å². The van der Waals surface area contributed by atoms with Gasteiger partial charge in [-0.3, -0.25) is 0 Å². The van der Waals surface area contributed by atoms with Crippen molar-refractivity contribution in [3.05, 3.63) is 17.7 Å². The van der Waals surface area contributed by atoms with Crippen molar-refractivity contribution in [2.75, 3.05) is 0 Å². The summed E-state index contributed by atoms with van der Waals surface area (Å²) in [6, 6.07) is 3.54. The molecule has 0 aliphatic rings. The molecule has 0 aromatic heterocycles. The molecule has 0 saturated heterocycles. The molecule has 0 aliphatic heterocycles. The van der Waals surface area contributed by atoms with E-state index in [-0.39, 0.29) is 11.3 Å². The highest BCUT2D eigenvalue weighted by Gasteiger charge is 2.05. The summed E-state index contributed by atoms with van der Waals surface area (Å²) in [5.74, 6) is -1.20. The van der Waals surface area contributed by atoms with E-state index in [2.05, 4.69) is 0 Å². The summed E-state index contributed by atoms with van der Waals surface area (Å²) in [6.07, 6.45) is 0. The van der Waals surface area contributed by atoms with E-state index in [1.54, 1.807) is 6.07 Å². The van der Waals surface area contributed by atoms with Crippen LogP contribution in [0.15, 0.2) is 12.1 Å². The number of phenols is 3. The predicted octanol–water partition coefficient (Wildman–Crippen LogP) is 0.675. The summed E-state index contributed by atoms with van der Waals surface area (Å²) in [5, 5.41) is 34.9. The maximum absolute atomic E-state index is 8.92. The van der Waals surface area contributed by atoms with E-state index < -0.39 is 11.5 Å². The molecule has 11 heavy (non-hydrogen) atoms. The van der Waals surface area contributed by atoms with Gasteiger partial charge in [0.05, 0.1) is 5.56 Å². The van der Waals surface area contributed by atoms with E-state index in [0.29, 0.717) is 0 Å². The highest BCUT2D eigenvalue weighted by atomic mass is 16.3. The van der Waals surface area contributed by atoms with Crippen molar-refractivity contribution in [2.45, 2.75) is 0 Å².